The van der Waals surface area contributed by atoms with Crippen molar-refractivity contribution in [3.05, 3.63) is 48.0 Å². The summed E-state index contributed by atoms with van der Waals surface area (Å²) >= 11 is 0. The van der Waals surface area contributed by atoms with E-state index in [1.807, 2.05) is 37.3 Å². The summed E-state index contributed by atoms with van der Waals surface area (Å²) in [5, 5.41) is 2.53. The molecule has 0 spiro atoms. The van der Waals surface area contributed by atoms with Gasteiger partial charge in [-0.25, -0.2) is 9.59 Å². The number of carbonyl (C=O) groups is 3. The van der Waals surface area contributed by atoms with E-state index in [4.69, 9.17) is 9.47 Å². The van der Waals surface area contributed by atoms with Gasteiger partial charge in [-0.15, -0.1) is 0 Å². The number of methoxy groups -OCH3 is 1. The summed E-state index contributed by atoms with van der Waals surface area (Å²) in [5.41, 5.74) is 0.885. The highest BCUT2D eigenvalue weighted by molar-refractivity contribution is 5.96. The molecule has 1 atom stereocenters. The lowest BCUT2D eigenvalue weighted by molar-refractivity contribution is -0.144. The molecule has 0 fully saturated rings. The second kappa shape index (κ2) is 11.0. The number of unbranched alkanes of at least 4 members (excludes halogenated alkanes) is 1. The lowest BCUT2D eigenvalue weighted by Crippen LogP contribution is -2.42. The predicted octanol–water partition coefficient (Wildman–Crippen LogP) is 1.79. The second-order valence-electron chi connectivity index (χ2n) is 5.13. The van der Waals surface area contributed by atoms with Crippen LogP contribution in [0.1, 0.15) is 25.3 Å². The van der Waals surface area contributed by atoms with E-state index < -0.39 is 23.9 Å². The summed E-state index contributed by atoms with van der Waals surface area (Å²) in [5.74, 6) is -1.70. The van der Waals surface area contributed by atoms with Crippen molar-refractivity contribution in [3.8, 4) is 0 Å². The Morgan fingerprint density at radius 2 is 1.88 bits per heavy atom. The average Bonchev–Trinajstić information content (AvgIpc) is 2.60. The van der Waals surface area contributed by atoms with Gasteiger partial charge in [-0.3, -0.25) is 4.79 Å². The average molecular weight is 333 g/mol. The third kappa shape index (κ3) is 7.58. The second-order valence-corrected chi connectivity index (χ2v) is 5.13. The molecule has 0 aliphatic heterocycles. The molecule has 0 aliphatic carbocycles. The van der Waals surface area contributed by atoms with Gasteiger partial charge in [0.05, 0.1) is 13.7 Å². The normalized spacial score (nSPS) is 11.8. The predicted molar refractivity (Wildman–Crippen MR) is 89.1 cm³/mol. The van der Waals surface area contributed by atoms with Crippen LogP contribution in [0, 0.1) is 0 Å². The van der Waals surface area contributed by atoms with Gasteiger partial charge in [0, 0.05) is 18.6 Å². The molecule has 1 N–H and O–H groups in total. The van der Waals surface area contributed by atoms with Crippen LogP contribution in [0.25, 0.3) is 0 Å². The monoisotopic (exact) mass is 333 g/mol. The van der Waals surface area contributed by atoms with Crippen molar-refractivity contribution < 1.29 is 23.9 Å². The molecule has 0 aromatic heterocycles. The van der Waals surface area contributed by atoms with Crippen molar-refractivity contribution >= 4 is 17.8 Å². The SMILES string of the molecule is CCCCOC(=O)/C=C\C(=O)N[C@@H](Cc1ccccc1)C(=O)OC. The number of nitrogens with one attached hydrogen (secondary N) is 1. The highest BCUT2D eigenvalue weighted by Crippen LogP contribution is 2.04. The van der Waals surface area contributed by atoms with Crippen LogP contribution in [0.2, 0.25) is 0 Å². The largest absolute Gasteiger partial charge is 0.467 e. The first kappa shape index (κ1) is 19.4. The van der Waals surface area contributed by atoms with Crippen LogP contribution in [0.5, 0.6) is 0 Å². The van der Waals surface area contributed by atoms with Gasteiger partial charge < -0.3 is 14.8 Å². The van der Waals surface area contributed by atoms with E-state index >= 15 is 0 Å². The van der Waals surface area contributed by atoms with Crippen molar-refractivity contribution in [1.29, 1.82) is 0 Å². The number of rotatable bonds is 9. The molecule has 0 aliphatic rings. The van der Waals surface area contributed by atoms with Crippen molar-refractivity contribution in [2.24, 2.45) is 0 Å². The minimum absolute atomic E-state index is 0.300. The molecular formula is C18H23NO5. The van der Waals surface area contributed by atoms with Crippen molar-refractivity contribution in [1.82, 2.24) is 5.32 Å². The van der Waals surface area contributed by atoms with Gasteiger partial charge in [0.25, 0.3) is 0 Å². The molecule has 6 heteroatoms. The topological polar surface area (TPSA) is 81.7 Å². The van der Waals surface area contributed by atoms with Gasteiger partial charge in [-0.1, -0.05) is 43.7 Å². The zero-order valence-corrected chi connectivity index (χ0v) is 14.0. The number of hydrogen-bond acceptors (Lipinski definition) is 5. The van der Waals surface area contributed by atoms with Crippen LogP contribution in [0.15, 0.2) is 42.5 Å². The van der Waals surface area contributed by atoms with Crippen molar-refractivity contribution in [2.45, 2.75) is 32.2 Å². The molecule has 24 heavy (non-hydrogen) atoms. The number of amides is 1. The quantitative estimate of drug-likeness (QED) is 0.423. The number of carbonyl (C=O) groups excluding carboxylic acids is 3. The first-order valence-electron chi connectivity index (χ1n) is 7.84. The lowest BCUT2D eigenvalue weighted by Gasteiger charge is -2.15. The smallest absolute Gasteiger partial charge is 0.330 e. The van der Waals surface area contributed by atoms with Crippen molar-refractivity contribution in [3.63, 3.8) is 0 Å². The fourth-order valence-corrected chi connectivity index (χ4v) is 1.91. The minimum Gasteiger partial charge on any atom is -0.467 e. The zero-order chi connectivity index (χ0) is 17.8. The molecule has 0 unspecified atom stereocenters. The first-order valence-corrected chi connectivity index (χ1v) is 7.84. The zero-order valence-electron chi connectivity index (χ0n) is 14.0. The van der Waals surface area contributed by atoms with E-state index in [1.54, 1.807) is 0 Å². The van der Waals surface area contributed by atoms with E-state index in [-0.39, 0.29) is 0 Å². The Kier molecular flexibility index (Phi) is 8.89. The molecule has 130 valence electrons. The maximum atomic E-state index is 11.9. The summed E-state index contributed by atoms with van der Waals surface area (Å²) in [4.78, 5) is 35.1. The van der Waals surface area contributed by atoms with Crippen molar-refractivity contribution in [2.75, 3.05) is 13.7 Å². The van der Waals surface area contributed by atoms with E-state index in [1.165, 1.54) is 7.11 Å². The van der Waals surface area contributed by atoms with Crippen LogP contribution in [-0.2, 0) is 30.3 Å². The molecule has 0 saturated heterocycles. The fourth-order valence-electron chi connectivity index (χ4n) is 1.91. The molecule has 1 aromatic rings. The van der Waals surface area contributed by atoms with E-state index in [0.29, 0.717) is 13.0 Å². The fraction of sp³-hybridized carbons (Fsp3) is 0.389. The molecular weight excluding hydrogens is 310 g/mol. The molecule has 0 bridgehead atoms. The van der Waals surface area contributed by atoms with Gasteiger partial charge in [0.1, 0.15) is 6.04 Å². The summed E-state index contributed by atoms with van der Waals surface area (Å²) in [6.45, 7) is 2.30. The molecule has 1 amide bonds. The van der Waals surface area contributed by atoms with E-state index in [9.17, 15) is 14.4 Å². The number of ether oxygens (including phenoxy) is 2. The molecule has 6 nitrogen and oxygen atoms in total. The molecule has 0 radical (unpaired) electrons. The Balaban J connectivity index is 2.58. The maximum absolute atomic E-state index is 11.9. The van der Waals surface area contributed by atoms with E-state index in [0.717, 1.165) is 30.6 Å². The molecule has 0 saturated carbocycles. The van der Waals surface area contributed by atoms with Gasteiger partial charge >= 0.3 is 11.9 Å². The van der Waals surface area contributed by atoms with Gasteiger partial charge in [0.2, 0.25) is 5.91 Å². The number of benzene rings is 1. The number of esters is 2. The first-order chi connectivity index (χ1) is 11.6. The van der Waals surface area contributed by atoms with Crippen LogP contribution in [0.3, 0.4) is 0 Å². The minimum atomic E-state index is -0.828. The Hall–Kier alpha value is -2.63. The Morgan fingerprint density at radius 3 is 2.50 bits per heavy atom. The Morgan fingerprint density at radius 1 is 1.17 bits per heavy atom. The molecule has 1 aromatic carbocycles. The van der Waals surface area contributed by atoms with Crippen LogP contribution < -0.4 is 5.32 Å². The third-order valence-electron chi connectivity index (χ3n) is 3.20. The Bertz CT molecular complexity index is 568. The third-order valence-corrected chi connectivity index (χ3v) is 3.20. The lowest BCUT2D eigenvalue weighted by atomic mass is 10.1. The van der Waals surface area contributed by atoms with Crippen LogP contribution >= 0.6 is 0 Å². The molecule has 0 heterocycles. The summed E-state index contributed by atoms with van der Waals surface area (Å²) in [6, 6.07) is 8.43. The standard InChI is InChI=1S/C18H23NO5/c1-3-4-12-24-17(21)11-10-16(20)19-15(18(22)23-2)13-14-8-6-5-7-9-14/h5-11,15H,3-4,12-13H2,1-2H3,(H,19,20)/b11-10-/t15-/m0/s1. The number of hydrogen-bond donors (Lipinski definition) is 1. The summed E-state index contributed by atoms with van der Waals surface area (Å²) in [6.07, 6.45) is 4.08. The van der Waals surface area contributed by atoms with Crippen LogP contribution in [0.4, 0.5) is 0 Å². The van der Waals surface area contributed by atoms with E-state index in [2.05, 4.69) is 5.32 Å². The summed E-state index contributed by atoms with van der Waals surface area (Å²) < 4.78 is 9.61. The summed E-state index contributed by atoms with van der Waals surface area (Å²) in [7, 11) is 1.26. The maximum Gasteiger partial charge on any atom is 0.330 e. The van der Waals surface area contributed by atoms with Gasteiger partial charge in [-0.05, 0) is 12.0 Å². The van der Waals surface area contributed by atoms with Crippen LogP contribution in [-0.4, -0.2) is 37.6 Å². The van der Waals surface area contributed by atoms with Gasteiger partial charge in [0.15, 0.2) is 0 Å². The highest BCUT2D eigenvalue weighted by Gasteiger charge is 2.21. The van der Waals surface area contributed by atoms with Gasteiger partial charge in [-0.2, -0.15) is 0 Å². The highest BCUT2D eigenvalue weighted by atomic mass is 16.5. The molecule has 1 rings (SSSR count). The Labute approximate surface area is 141 Å².